The van der Waals surface area contributed by atoms with E-state index in [2.05, 4.69) is 17.1 Å². The van der Waals surface area contributed by atoms with Crippen LogP contribution < -0.4 is 0 Å². The second kappa shape index (κ2) is 4.85. The molecular formula is C18H16N2O. The third-order valence-corrected chi connectivity index (χ3v) is 4.27. The number of benzene rings is 2. The highest BCUT2D eigenvalue weighted by Crippen LogP contribution is 2.23. The maximum absolute atomic E-state index is 12.7. The molecule has 0 amide bonds. The van der Waals surface area contributed by atoms with Crippen LogP contribution in [0.4, 0.5) is 0 Å². The molecule has 3 aromatic rings. The highest BCUT2D eigenvalue weighted by molar-refractivity contribution is 6.01. The van der Waals surface area contributed by atoms with Gasteiger partial charge in [0.2, 0.25) is 0 Å². The van der Waals surface area contributed by atoms with Crippen LogP contribution in [0.1, 0.15) is 34.3 Å². The van der Waals surface area contributed by atoms with Crippen LogP contribution in [0.2, 0.25) is 0 Å². The summed E-state index contributed by atoms with van der Waals surface area (Å²) in [5.74, 6) is -0.00271. The number of imidazole rings is 1. The fourth-order valence-corrected chi connectivity index (χ4v) is 3.13. The molecule has 104 valence electrons. The van der Waals surface area contributed by atoms with Gasteiger partial charge in [-0.3, -0.25) is 9.36 Å². The van der Waals surface area contributed by atoms with Gasteiger partial charge in [-0.25, -0.2) is 4.98 Å². The number of aryl methyl sites for hydroxylation is 2. The summed E-state index contributed by atoms with van der Waals surface area (Å²) in [5, 5.41) is 0. The van der Waals surface area contributed by atoms with E-state index in [4.69, 9.17) is 0 Å². The van der Waals surface area contributed by atoms with Gasteiger partial charge < -0.3 is 0 Å². The lowest BCUT2D eigenvalue weighted by molar-refractivity contribution is 0.0964. The Balaban J connectivity index is 1.77. The summed E-state index contributed by atoms with van der Waals surface area (Å²) in [5.41, 5.74) is 5.19. The number of aromatic nitrogens is 2. The van der Waals surface area contributed by atoms with Crippen molar-refractivity contribution in [2.45, 2.75) is 25.7 Å². The Morgan fingerprint density at radius 3 is 2.71 bits per heavy atom. The predicted octanol–water partition coefficient (Wildman–Crippen LogP) is 3.60. The molecule has 0 aliphatic heterocycles. The normalized spacial score (nSPS) is 14.1. The summed E-state index contributed by atoms with van der Waals surface area (Å²) < 4.78 is 1.64. The lowest BCUT2D eigenvalue weighted by Gasteiger charge is -2.16. The largest absolute Gasteiger partial charge is 0.268 e. The van der Waals surface area contributed by atoms with E-state index < -0.39 is 0 Å². The molecule has 0 saturated heterocycles. The van der Waals surface area contributed by atoms with E-state index in [9.17, 15) is 4.79 Å². The van der Waals surface area contributed by atoms with E-state index in [0.717, 1.165) is 29.4 Å². The Morgan fingerprint density at radius 2 is 1.81 bits per heavy atom. The number of nitrogens with zero attached hydrogens (tertiary/aromatic N) is 2. The molecule has 2 aromatic carbocycles. The van der Waals surface area contributed by atoms with Crippen LogP contribution in [0.15, 0.2) is 48.8 Å². The first-order valence-corrected chi connectivity index (χ1v) is 7.41. The zero-order chi connectivity index (χ0) is 14.2. The summed E-state index contributed by atoms with van der Waals surface area (Å²) in [6, 6.07) is 13.8. The summed E-state index contributed by atoms with van der Waals surface area (Å²) in [6.07, 6.45) is 6.32. The zero-order valence-corrected chi connectivity index (χ0v) is 11.7. The first-order valence-electron chi connectivity index (χ1n) is 7.41. The van der Waals surface area contributed by atoms with Gasteiger partial charge >= 0.3 is 0 Å². The minimum atomic E-state index is -0.00271. The number of para-hydroxylation sites is 2. The van der Waals surface area contributed by atoms with Gasteiger partial charge in [-0.15, -0.1) is 0 Å². The summed E-state index contributed by atoms with van der Waals surface area (Å²) in [6.45, 7) is 0. The Labute approximate surface area is 123 Å². The fraction of sp³-hybridized carbons (Fsp3) is 0.222. The first-order chi connectivity index (χ1) is 10.3. The molecule has 1 aliphatic rings. The van der Waals surface area contributed by atoms with Crippen LogP contribution in [-0.4, -0.2) is 15.5 Å². The van der Waals surface area contributed by atoms with Crippen molar-refractivity contribution in [1.29, 1.82) is 0 Å². The average molecular weight is 276 g/mol. The number of carbonyl (C=O) groups is 1. The highest BCUT2D eigenvalue weighted by Gasteiger charge is 2.15. The Morgan fingerprint density at radius 1 is 1.00 bits per heavy atom. The molecule has 0 fully saturated rings. The smallest absolute Gasteiger partial charge is 0.263 e. The molecule has 4 rings (SSSR count). The van der Waals surface area contributed by atoms with Gasteiger partial charge in [0.1, 0.15) is 6.33 Å². The van der Waals surface area contributed by atoms with E-state index in [1.807, 2.05) is 30.3 Å². The van der Waals surface area contributed by atoms with E-state index in [-0.39, 0.29) is 5.91 Å². The lowest BCUT2D eigenvalue weighted by atomic mass is 9.90. The van der Waals surface area contributed by atoms with Gasteiger partial charge in [0.25, 0.3) is 5.91 Å². The van der Waals surface area contributed by atoms with Gasteiger partial charge in [0, 0.05) is 5.56 Å². The number of fused-ring (bicyclic) bond motifs is 2. The Bertz CT molecular complexity index is 832. The minimum Gasteiger partial charge on any atom is -0.268 e. The molecule has 0 bridgehead atoms. The minimum absolute atomic E-state index is 0.00271. The van der Waals surface area contributed by atoms with Gasteiger partial charge in [0.05, 0.1) is 11.0 Å². The molecule has 0 atom stereocenters. The SMILES string of the molecule is O=C(c1ccc2c(c1)CCCC2)n1cnc2ccccc21. The Kier molecular flexibility index (Phi) is 2.85. The van der Waals surface area contributed by atoms with E-state index >= 15 is 0 Å². The van der Waals surface area contributed by atoms with Gasteiger partial charge in [-0.2, -0.15) is 0 Å². The van der Waals surface area contributed by atoms with Crippen molar-refractivity contribution in [1.82, 2.24) is 9.55 Å². The second-order valence-electron chi connectivity index (χ2n) is 5.60. The van der Waals surface area contributed by atoms with E-state index in [1.54, 1.807) is 10.9 Å². The zero-order valence-electron chi connectivity index (χ0n) is 11.7. The summed E-state index contributed by atoms with van der Waals surface area (Å²) in [4.78, 5) is 17.0. The lowest BCUT2D eigenvalue weighted by Crippen LogP contribution is -2.12. The van der Waals surface area contributed by atoms with Crippen molar-refractivity contribution >= 4 is 16.9 Å². The van der Waals surface area contributed by atoms with E-state index in [1.165, 1.54) is 24.0 Å². The average Bonchev–Trinajstić information content (AvgIpc) is 2.98. The number of hydrogen-bond acceptors (Lipinski definition) is 2. The van der Waals surface area contributed by atoms with Gasteiger partial charge in [-0.05, 0) is 61.1 Å². The fourth-order valence-electron chi connectivity index (χ4n) is 3.13. The van der Waals surface area contributed by atoms with Crippen molar-refractivity contribution in [2.75, 3.05) is 0 Å². The third kappa shape index (κ3) is 2.05. The molecule has 0 radical (unpaired) electrons. The molecule has 1 heterocycles. The standard InChI is InChI=1S/C18H16N2O/c21-18(20-12-19-16-7-3-4-8-17(16)20)15-10-9-13-5-1-2-6-14(13)11-15/h3-4,7-12H,1-2,5-6H2. The summed E-state index contributed by atoms with van der Waals surface area (Å²) in [7, 11) is 0. The topological polar surface area (TPSA) is 34.9 Å². The Hall–Kier alpha value is -2.42. The van der Waals surface area contributed by atoms with Crippen LogP contribution in [0.5, 0.6) is 0 Å². The molecule has 0 saturated carbocycles. The van der Waals surface area contributed by atoms with Crippen LogP contribution in [0, 0.1) is 0 Å². The summed E-state index contributed by atoms with van der Waals surface area (Å²) >= 11 is 0. The maximum Gasteiger partial charge on any atom is 0.263 e. The molecule has 21 heavy (non-hydrogen) atoms. The molecule has 1 aromatic heterocycles. The molecular weight excluding hydrogens is 260 g/mol. The number of hydrogen-bond donors (Lipinski definition) is 0. The van der Waals surface area contributed by atoms with Crippen molar-refractivity contribution < 1.29 is 4.79 Å². The quantitative estimate of drug-likeness (QED) is 0.680. The monoisotopic (exact) mass is 276 g/mol. The highest BCUT2D eigenvalue weighted by atomic mass is 16.2. The molecule has 1 aliphatic carbocycles. The van der Waals surface area contributed by atoms with Gasteiger partial charge in [0.15, 0.2) is 0 Å². The van der Waals surface area contributed by atoms with Crippen molar-refractivity contribution in [2.24, 2.45) is 0 Å². The van der Waals surface area contributed by atoms with Crippen molar-refractivity contribution in [3.8, 4) is 0 Å². The van der Waals surface area contributed by atoms with Crippen LogP contribution in [0.25, 0.3) is 11.0 Å². The predicted molar refractivity (Wildman–Crippen MR) is 82.5 cm³/mol. The van der Waals surface area contributed by atoms with Crippen LogP contribution >= 0.6 is 0 Å². The number of rotatable bonds is 1. The van der Waals surface area contributed by atoms with Crippen molar-refractivity contribution in [3.05, 3.63) is 65.5 Å². The first kappa shape index (κ1) is 12.3. The third-order valence-electron chi connectivity index (χ3n) is 4.27. The molecule has 3 nitrogen and oxygen atoms in total. The van der Waals surface area contributed by atoms with Crippen LogP contribution in [0.3, 0.4) is 0 Å². The van der Waals surface area contributed by atoms with Crippen molar-refractivity contribution in [3.63, 3.8) is 0 Å². The number of carbonyl (C=O) groups excluding carboxylic acids is 1. The second-order valence-corrected chi connectivity index (χ2v) is 5.60. The van der Waals surface area contributed by atoms with Crippen LogP contribution in [-0.2, 0) is 12.8 Å². The van der Waals surface area contributed by atoms with Gasteiger partial charge in [-0.1, -0.05) is 18.2 Å². The molecule has 0 N–H and O–H groups in total. The molecule has 0 spiro atoms. The maximum atomic E-state index is 12.7. The molecule has 3 heteroatoms. The van der Waals surface area contributed by atoms with E-state index in [0.29, 0.717) is 0 Å². The molecule has 0 unspecified atom stereocenters.